The van der Waals surface area contributed by atoms with E-state index in [9.17, 15) is 9.90 Å². The summed E-state index contributed by atoms with van der Waals surface area (Å²) >= 11 is 0. The number of carbonyl (C=O) groups is 1. The van der Waals surface area contributed by atoms with Gasteiger partial charge < -0.3 is 10.4 Å². The lowest BCUT2D eigenvalue weighted by Gasteiger charge is -2.35. The van der Waals surface area contributed by atoms with Crippen molar-refractivity contribution < 1.29 is 9.90 Å². The van der Waals surface area contributed by atoms with Crippen molar-refractivity contribution in [1.29, 1.82) is 0 Å². The molecule has 0 spiro atoms. The first-order valence-electron chi connectivity index (χ1n) is 7.77. The summed E-state index contributed by atoms with van der Waals surface area (Å²) in [6, 6.07) is 0.292. The molecule has 5 nitrogen and oxygen atoms in total. The Kier molecular flexibility index (Phi) is 4.80. The maximum atomic E-state index is 11.5. The molecule has 2 N–H and O–H groups in total. The van der Waals surface area contributed by atoms with Crippen LogP contribution in [0, 0.1) is 11.8 Å². The smallest absolute Gasteiger partial charge is 0.356 e. The fourth-order valence-electron chi connectivity index (χ4n) is 2.93. The van der Waals surface area contributed by atoms with Crippen molar-refractivity contribution in [2.45, 2.75) is 58.9 Å². The van der Waals surface area contributed by atoms with Gasteiger partial charge in [0.05, 0.1) is 11.9 Å². The van der Waals surface area contributed by atoms with Gasteiger partial charge in [-0.25, -0.2) is 14.8 Å². The summed E-state index contributed by atoms with van der Waals surface area (Å²) in [5.41, 5.74) is 0.622. The molecule has 0 bridgehead atoms. The molecule has 1 aliphatic rings. The van der Waals surface area contributed by atoms with Crippen molar-refractivity contribution in [1.82, 2.24) is 9.97 Å². The second-order valence-electron chi connectivity index (χ2n) is 6.47. The van der Waals surface area contributed by atoms with E-state index in [4.69, 9.17) is 0 Å². The quantitative estimate of drug-likeness (QED) is 0.887. The normalized spacial score (nSPS) is 25.9. The molecule has 3 atom stereocenters. The molecule has 0 saturated heterocycles. The zero-order valence-electron chi connectivity index (χ0n) is 13.3. The highest BCUT2D eigenvalue weighted by Gasteiger charge is 2.28. The van der Waals surface area contributed by atoms with Gasteiger partial charge in [-0.3, -0.25) is 0 Å². The van der Waals surface area contributed by atoms with Crippen molar-refractivity contribution in [2.24, 2.45) is 11.8 Å². The van der Waals surface area contributed by atoms with E-state index in [-0.39, 0.29) is 11.6 Å². The lowest BCUT2D eigenvalue weighted by Crippen LogP contribution is -2.35. The van der Waals surface area contributed by atoms with Gasteiger partial charge in [0, 0.05) is 12.0 Å². The van der Waals surface area contributed by atoms with Crippen LogP contribution in [0.25, 0.3) is 0 Å². The van der Waals surface area contributed by atoms with Crippen molar-refractivity contribution in [3.63, 3.8) is 0 Å². The van der Waals surface area contributed by atoms with Crippen LogP contribution in [-0.4, -0.2) is 27.1 Å². The predicted octanol–water partition coefficient (Wildman–Crippen LogP) is 3.53. The summed E-state index contributed by atoms with van der Waals surface area (Å²) < 4.78 is 0. The third-order valence-electron chi connectivity index (χ3n) is 4.57. The van der Waals surface area contributed by atoms with Gasteiger partial charge in [-0.2, -0.15) is 0 Å². The molecule has 0 amide bonds. The van der Waals surface area contributed by atoms with Crippen LogP contribution in [-0.2, 0) is 0 Å². The number of aromatic nitrogens is 2. The van der Waals surface area contributed by atoms with Crippen LogP contribution < -0.4 is 5.32 Å². The molecule has 1 fully saturated rings. The van der Waals surface area contributed by atoms with Crippen molar-refractivity contribution >= 4 is 11.7 Å². The van der Waals surface area contributed by atoms with Gasteiger partial charge in [0.25, 0.3) is 0 Å². The lowest BCUT2D eigenvalue weighted by atomic mass is 9.78. The average Bonchev–Trinajstić information content (AvgIpc) is 2.43. The van der Waals surface area contributed by atoms with Gasteiger partial charge in [-0.05, 0) is 18.3 Å². The second-order valence-corrected chi connectivity index (χ2v) is 6.47. The Balaban J connectivity index is 2.24. The number of aromatic carboxylic acids is 1. The number of rotatable bonds is 4. The molecular formula is C16H25N3O2. The van der Waals surface area contributed by atoms with Gasteiger partial charge in [0.2, 0.25) is 0 Å². The lowest BCUT2D eigenvalue weighted by molar-refractivity contribution is 0.0691. The summed E-state index contributed by atoms with van der Waals surface area (Å²) in [6.07, 6.45) is 5.11. The topological polar surface area (TPSA) is 75.1 Å². The monoisotopic (exact) mass is 291 g/mol. The second kappa shape index (κ2) is 6.41. The highest BCUT2D eigenvalue weighted by atomic mass is 16.4. The van der Waals surface area contributed by atoms with E-state index in [1.165, 1.54) is 12.8 Å². The number of carboxylic acid groups (broad SMARTS) is 1. The van der Waals surface area contributed by atoms with Gasteiger partial charge in [0.1, 0.15) is 5.82 Å². The fourth-order valence-corrected chi connectivity index (χ4v) is 2.93. The molecule has 21 heavy (non-hydrogen) atoms. The van der Waals surface area contributed by atoms with Gasteiger partial charge in [-0.1, -0.05) is 40.5 Å². The van der Waals surface area contributed by atoms with E-state index in [0.29, 0.717) is 29.4 Å². The van der Waals surface area contributed by atoms with Crippen LogP contribution in [0.1, 0.15) is 69.2 Å². The minimum Gasteiger partial charge on any atom is -0.476 e. The van der Waals surface area contributed by atoms with Crippen molar-refractivity contribution in [3.8, 4) is 0 Å². The van der Waals surface area contributed by atoms with Crippen molar-refractivity contribution in [2.75, 3.05) is 5.32 Å². The Morgan fingerprint density at radius 1 is 1.38 bits per heavy atom. The molecule has 0 aliphatic heterocycles. The number of carboxylic acids is 1. The Morgan fingerprint density at radius 3 is 2.71 bits per heavy atom. The van der Waals surface area contributed by atoms with Gasteiger partial charge in [-0.15, -0.1) is 0 Å². The number of nitrogens with one attached hydrogen (secondary N) is 1. The van der Waals surface area contributed by atoms with E-state index in [2.05, 4.69) is 29.1 Å². The first kappa shape index (κ1) is 15.7. The molecular weight excluding hydrogens is 266 g/mol. The number of nitrogens with zero attached hydrogens (tertiary/aromatic N) is 2. The Hall–Kier alpha value is -1.65. The van der Waals surface area contributed by atoms with Crippen LogP contribution >= 0.6 is 0 Å². The standard InChI is InChI=1S/C16H25N3O2/c1-9(2)15-17-8-13(14(19-15)16(20)21)18-12-7-5-6-10(3)11(12)4/h8-12,18H,5-7H2,1-4H3,(H,20,21). The Bertz CT molecular complexity index is 516. The Labute approximate surface area is 126 Å². The molecule has 1 aliphatic carbocycles. The SMILES string of the molecule is CC(C)c1ncc(NC2CCCC(C)C2C)c(C(=O)O)n1. The van der Waals surface area contributed by atoms with Crippen LogP contribution in [0.5, 0.6) is 0 Å². The summed E-state index contributed by atoms with van der Waals surface area (Å²) in [4.78, 5) is 20.0. The van der Waals surface area contributed by atoms with E-state index in [1.807, 2.05) is 13.8 Å². The summed E-state index contributed by atoms with van der Waals surface area (Å²) in [5, 5.41) is 12.8. The number of anilines is 1. The number of hydrogen-bond acceptors (Lipinski definition) is 4. The predicted molar refractivity (Wildman–Crippen MR) is 82.7 cm³/mol. The maximum Gasteiger partial charge on any atom is 0.356 e. The molecule has 5 heteroatoms. The minimum absolute atomic E-state index is 0.0825. The van der Waals surface area contributed by atoms with Gasteiger partial charge in [0.15, 0.2) is 5.69 Å². The van der Waals surface area contributed by atoms with E-state index < -0.39 is 5.97 Å². The van der Waals surface area contributed by atoms with E-state index >= 15 is 0 Å². The molecule has 2 rings (SSSR count). The molecule has 1 heterocycles. The van der Waals surface area contributed by atoms with Crippen LogP contribution in [0.4, 0.5) is 5.69 Å². The summed E-state index contributed by atoms with van der Waals surface area (Å²) in [5.74, 6) is 0.859. The molecule has 3 unspecified atom stereocenters. The molecule has 116 valence electrons. The zero-order valence-corrected chi connectivity index (χ0v) is 13.3. The molecule has 0 aromatic carbocycles. The Morgan fingerprint density at radius 2 is 2.10 bits per heavy atom. The van der Waals surface area contributed by atoms with Gasteiger partial charge >= 0.3 is 5.97 Å². The molecule has 0 radical (unpaired) electrons. The van der Waals surface area contributed by atoms with Crippen LogP contribution in [0.2, 0.25) is 0 Å². The number of hydrogen-bond donors (Lipinski definition) is 2. The van der Waals surface area contributed by atoms with E-state index in [1.54, 1.807) is 6.20 Å². The van der Waals surface area contributed by atoms with E-state index in [0.717, 1.165) is 6.42 Å². The summed E-state index contributed by atoms with van der Waals surface area (Å²) in [7, 11) is 0. The maximum absolute atomic E-state index is 11.5. The third-order valence-corrected chi connectivity index (χ3v) is 4.57. The molecule has 1 saturated carbocycles. The van der Waals surface area contributed by atoms with Crippen molar-refractivity contribution in [3.05, 3.63) is 17.7 Å². The zero-order chi connectivity index (χ0) is 15.6. The third kappa shape index (κ3) is 3.52. The largest absolute Gasteiger partial charge is 0.476 e. The summed E-state index contributed by atoms with van der Waals surface area (Å²) in [6.45, 7) is 8.40. The van der Waals surface area contributed by atoms with Crippen LogP contribution in [0.3, 0.4) is 0 Å². The highest BCUT2D eigenvalue weighted by molar-refractivity contribution is 5.91. The minimum atomic E-state index is -1.00. The average molecular weight is 291 g/mol. The van der Waals surface area contributed by atoms with Crippen LogP contribution in [0.15, 0.2) is 6.20 Å². The fraction of sp³-hybridized carbons (Fsp3) is 0.688. The first-order valence-corrected chi connectivity index (χ1v) is 7.77. The first-order chi connectivity index (χ1) is 9.90. The molecule has 1 aromatic rings. The molecule has 1 aromatic heterocycles. The highest BCUT2D eigenvalue weighted by Crippen LogP contribution is 2.32.